The van der Waals surface area contributed by atoms with Gasteiger partial charge in [-0.05, 0) is 61.2 Å². The van der Waals surface area contributed by atoms with Crippen LogP contribution in [-0.4, -0.2) is 46.0 Å². The van der Waals surface area contributed by atoms with E-state index in [-0.39, 0.29) is 16.8 Å². The van der Waals surface area contributed by atoms with E-state index in [1.54, 1.807) is 36.4 Å². The zero-order valence-electron chi connectivity index (χ0n) is 18.8. The fourth-order valence-electron chi connectivity index (χ4n) is 4.31. The van der Waals surface area contributed by atoms with E-state index in [4.69, 9.17) is 4.74 Å². The minimum absolute atomic E-state index is 0.0598. The van der Waals surface area contributed by atoms with Crippen LogP contribution < -0.4 is 9.04 Å². The molecule has 172 valence electrons. The van der Waals surface area contributed by atoms with E-state index >= 15 is 0 Å². The van der Waals surface area contributed by atoms with Crippen LogP contribution >= 0.6 is 0 Å². The van der Waals surface area contributed by atoms with Crippen LogP contribution in [-0.2, 0) is 16.4 Å². The molecule has 33 heavy (non-hydrogen) atoms. The first kappa shape index (κ1) is 22.9. The third-order valence-electron chi connectivity index (χ3n) is 6.14. The lowest BCUT2D eigenvalue weighted by atomic mass is 10.0. The normalized spacial score (nSPS) is 15.9. The minimum Gasteiger partial charge on any atom is -0.495 e. The van der Waals surface area contributed by atoms with Gasteiger partial charge in [-0.25, -0.2) is 8.42 Å². The first-order chi connectivity index (χ1) is 15.9. The lowest BCUT2D eigenvalue weighted by Crippen LogP contribution is -2.36. The first-order valence-electron chi connectivity index (χ1n) is 11.0. The highest BCUT2D eigenvalue weighted by Gasteiger charge is 2.30. The van der Waals surface area contributed by atoms with Crippen LogP contribution in [0.3, 0.4) is 0 Å². The Labute approximate surface area is 195 Å². The van der Waals surface area contributed by atoms with Crippen LogP contribution in [0.2, 0.25) is 0 Å². The van der Waals surface area contributed by atoms with E-state index in [2.05, 4.69) is 12.1 Å². The van der Waals surface area contributed by atoms with Crippen molar-refractivity contribution in [2.45, 2.75) is 30.2 Å². The third-order valence-corrected chi connectivity index (χ3v) is 7.92. The summed E-state index contributed by atoms with van der Waals surface area (Å²) in [5, 5.41) is 0. The van der Waals surface area contributed by atoms with Crippen molar-refractivity contribution in [1.29, 1.82) is 0 Å². The van der Waals surface area contributed by atoms with Crippen molar-refractivity contribution in [3.05, 3.63) is 90.0 Å². The summed E-state index contributed by atoms with van der Waals surface area (Å²) in [4.78, 5) is 15.2. The molecule has 0 radical (unpaired) electrons. The van der Waals surface area contributed by atoms with Gasteiger partial charge in [-0.2, -0.15) is 0 Å². The number of nitrogens with zero attached hydrogens (tertiary/aromatic N) is 2. The number of ether oxygens (including phenoxy) is 1. The summed E-state index contributed by atoms with van der Waals surface area (Å²) in [5.74, 6) is 0.407. The monoisotopic (exact) mass is 464 g/mol. The van der Waals surface area contributed by atoms with Crippen molar-refractivity contribution in [2.75, 3.05) is 25.0 Å². The number of anilines is 1. The lowest BCUT2D eigenvalue weighted by Gasteiger charge is -2.25. The van der Waals surface area contributed by atoms with Gasteiger partial charge in [-0.3, -0.25) is 9.10 Å². The maximum atomic E-state index is 13.2. The molecule has 1 heterocycles. The molecule has 3 aromatic carbocycles. The molecule has 1 amide bonds. The summed E-state index contributed by atoms with van der Waals surface area (Å²) in [7, 11) is -0.815. The van der Waals surface area contributed by atoms with Gasteiger partial charge in [0, 0.05) is 25.2 Å². The summed E-state index contributed by atoms with van der Waals surface area (Å²) in [6, 6.07) is 23.5. The van der Waals surface area contributed by atoms with Gasteiger partial charge in [0.1, 0.15) is 5.75 Å². The molecular formula is C26H28N2O4S. The van der Waals surface area contributed by atoms with E-state index in [0.29, 0.717) is 23.5 Å². The van der Waals surface area contributed by atoms with Crippen LogP contribution in [0.1, 0.15) is 28.8 Å². The lowest BCUT2D eigenvalue weighted by molar-refractivity contribution is 0.0736. The second kappa shape index (κ2) is 9.67. The Balaban J connectivity index is 1.52. The summed E-state index contributed by atoms with van der Waals surface area (Å²) in [6.07, 6.45) is 2.76. The quantitative estimate of drug-likeness (QED) is 0.521. The van der Waals surface area contributed by atoms with Crippen molar-refractivity contribution >= 4 is 21.6 Å². The van der Waals surface area contributed by atoms with Gasteiger partial charge in [0.25, 0.3) is 15.9 Å². The molecule has 1 atom stereocenters. The molecule has 0 bridgehead atoms. The number of para-hydroxylation sites is 2. The van der Waals surface area contributed by atoms with Gasteiger partial charge in [0.15, 0.2) is 0 Å². The van der Waals surface area contributed by atoms with Gasteiger partial charge in [-0.15, -0.1) is 0 Å². The maximum Gasteiger partial charge on any atom is 0.264 e. The zero-order chi connectivity index (χ0) is 23.4. The second-order valence-electron chi connectivity index (χ2n) is 8.15. The van der Waals surface area contributed by atoms with Crippen molar-refractivity contribution < 1.29 is 17.9 Å². The van der Waals surface area contributed by atoms with Crippen molar-refractivity contribution in [1.82, 2.24) is 4.90 Å². The Morgan fingerprint density at radius 2 is 1.67 bits per heavy atom. The minimum atomic E-state index is -3.81. The molecule has 0 aromatic heterocycles. The number of hydrogen-bond donors (Lipinski definition) is 0. The van der Waals surface area contributed by atoms with Gasteiger partial charge in [-0.1, -0.05) is 42.5 Å². The number of sulfonamides is 1. The predicted octanol–water partition coefficient (Wildman–Crippen LogP) is 4.37. The maximum absolute atomic E-state index is 13.2. The Morgan fingerprint density at radius 1 is 1.00 bits per heavy atom. The fraction of sp³-hybridized carbons (Fsp3) is 0.269. The zero-order valence-corrected chi connectivity index (χ0v) is 19.7. The Kier molecular flexibility index (Phi) is 6.70. The van der Waals surface area contributed by atoms with Crippen molar-refractivity contribution in [3.8, 4) is 5.75 Å². The summed E-state index contributed by atoms with van der Waals surface area (Å²) in [5.41, 5.74) is 2.15. The van der Waals surface area contributed by atoms with E-state index in [1.165, 1.54) is 36.2 Å². The number of carbonyl (C=O) groups excluding carboxylic acids is 1. The SMILES string of the molecule is COc1ccccc1N(C)S(=O)(=O)c1ccc(C(=O)N2CCCC2Cc2ccccc2)cc1. The van der Waals surface area contributed by atoms with Crippen LogP contribution in [0.25, 0.3) is 0 Å². The van der Waals surface area contributed by atoms with Crippen molar-refractivity contribution in [2.24, 2.45) is 0 Å². The molecule has 0 saturated carbocycles. The van der Waals surface area contributed by atoms with Crippen LogP contribution in [0, 0.1) is 0 Å². The number of benzene rings is 3. The molecule has 7 heteroatoms. The van der Waals surface area contributed by atoms with Crippen molar-refractivity contribution in [3.63, 3.8) is 0 Å². The number of rotatable bonds is 7. The van der Waals surface area contributed by atoms with Gasteiger partial charge in [0.2, 0.25) is 0 Å². The van der Waals surface area contributed by atoms with Gasteiger partial charge >= 0.3 is 0 Å². The van der Waals surface area contributed by atoms with E-state index in [1.807, 2.05) is 23.1 Å². The Morgan fingerprint density at radius 3 is 2.36 bits per heavy atom. The summed E-state index contributed by atoms with van der Waals surface area (Å²) in [6.45, 7) is 0.715. The average molecular weight is 465 g/mol. The highest BCUT2D eigenvalue weighted by Crippen LogP contribution is 2.31. The largest absolute Gasteiger partial charge is 0.495 e. The predicted molar refractivity (Wildman–Crippen MR) is 129 cm³/mol. The molecule has 0 N–H and O–H groups in total. The van der Waals surface area contributed by atoms with E-state index < -0.39 is 10.0 Å². The van der Waals surface area contributed by atoms with E-state index in [9.17, 15) is 13.2 Å². The number of carbonyl (C=O) groups is 1. The molecule has 3 aromatic rings. The topological polar surface area (TPSA) is 66.9 Å². The molecule has 1 aliphatic rings. The molecule has 0 spiro atoms. The first-order valence-corrected chi connectivity index (χ1v) is 12.4. The average Bonchev–Trinajstić information content (AvgIpc) is 3.31. The highest BCUT2D eigenvalue weighted by atomic mass is 32.2. The van der Waals surface area contributed by atoms with Crippen LogP contribution in [0.4, 0.5) is 5.69 Å². The van der Waals surface area contributed by atoms with Gasteiger partial charge < -0.3 is 9.64 Å². The van der Waals surface area contributed by atoms with Gasteiger partial charge in [0.05, 0.1) is 17.7 Å². The van der Waals surface area contributed by atoms with Crippen LogP contribution in [0.5, 0.6) is 5.75 Å². The molecule has 1 saturated heterocycles. The fourth-order valence-corrected chi connectivity index (χ4v) is 5.52. The summed E-state index contributed by atoms with van der Waals surface area (Å²) >= 11 is 0. The Bertz CT molecular complexity index is 1210. The Hall–Kier alpha value is -3.32. The smallest absolute Gasteiger partial charge is 0.264 e. The van der Waals surface area contributed by atoms with Crippen LogP contribution in [0.15, 0.2) is 83.8 Å². The summed E-state index contributed by atoms with van der Waals surface area (Å²) < 4.78 is 32.8. The number of hydrogen-bond acceptors (Lipinski definition) is 4. The molecule has 4 rings (SSSR count). The standard InChI is InChI=1S/C26H28N2O4S/c1-27(24-12-6-7-13-25(24)32-2)33(30,31)23-16-14-21(15-17-23)26(29)28-18-8-11-22(28)19-20-9-4-3-5-10-20/h3-7,9-10,12-17,22H,8,11,18-19H2,1-2H3. The number of amides is 1. The molecule has 1 unspecified atom stereocenters. The molecule has 1 aliphatic heterocycles. The third kappa shape index (κ3) is 4.73. The van der Waals surface area contributed by atoms with E-state index in [0.717, 1.165) is 19.3 Å². The molecule has 0 aliphatic carbocycles. The molecular weight excluding hydrogens is 436 g/mol. The second-order valence-corrected chi connectivity index (χ2v) is 10.1. The highest BCUT2D eigenvalue weighted by molar-refractivity contribution is 7.92. The number of methoxy groups -OCH3 is 1. The molecule has 1 fully saturated rings. The number of likely N-dealkylation sites (tertiary alicyclic amines) is 1. The molecule has 6 nitrogen and oxygen atoms in total.